The van der Waals surface area contributed by atoms with Crippen LogP contribution in [0.2, 0.25) is 5.02 Å². The summed E-state index contributed by atoms with van der Waals surface area (Å²) in [5.74, 6) is 0. The van der Waals surface area contributed by atoms with E-state index >= 15 is 0 Å². The van der Waals surface area contributed by atoms with Gasteiger partial charge >= 0.3 is 6.03 Å². The van der Waals surface area contributed by atoms with Gasteiger partial charge in [-0.15, -0.1) is 0 Å². The number of carbonyl (C=O) groups excluding carboxylic acids is 1. The number of hydrogen-bond donors (Lipinski definition) is 2. The van der Waals surface area contributed by atoms with Gasteiger partial charge in [-0.2, -0.15) is 0 Å². The molecular formula is C18H21ClN2O. The van der Waals surface area contributed by atoms with Crippen molar-refractivity contribution in [3.05, 3.63) is 69.7 Å². The van der Waals surface area contributed by atoms with Gasteiger partial charge in [-0.25, -0.2) is 4.79 Å². The molecule has 0 aromatic heterocycles. The maximum atomic E-state index is 12.0. The van der Waals surface area contributed by atoms with Crippen LogP contribution in [0.25, 0.3) is 0 Å². The lowest BCUT2D eigenvalue weighted by Gasteiger charge is -2.16. The molecule has 2 N–H and O–H groups in total. The molecule has 0 radical (unpaired) electrons. The highest BCUT2D eigenvalue weighted by Gasteiger charge is 2.10. The average molecular weight is 317 g/mol. The summed E-state index contributed by atoms with van der Waals surface area (Å²) in [5, 5.41) is 6.44. The van der Waals surface area contributed by atoms with Gasteiger partial charge in [0.2, 0.25) is 0 Å². The third kappa shape index (κ3) is 4.50. The molecule has 1 unspecified atom stereocenters. The molecule has 22 heavy (non-hydrogen) atoms. The maximum absolute atomic E-state index is 12.0. The fraction of sp³-hybridized carbons (Fsp3) is 0.278. The molecule has 0 spiro atoms. The van der Waals surface area contributed by atoms with Crippen molar-refractivity contribution < 1.29 is 4.79 Å². The molecule has 0 aliphatic rings. The van der Waals surface area contributed by atoms with Crippen molar-refractivity contribution in [2.45, 2.75) is 33.4 Å². The first-order valence-corrected chi connectivity index (χ1v) is 7.69. The SMILES string of the molecule is Cc1cc(C)cc(C(C)NC(=O)NCc2ccccc2Cl)c1. The highest BCUT2D eigenvalue weighted by molar-refractivity contribution is 6.31. The van der Waals surface area contributed by atoms with Crippen LogP contribution < -0.4 is 10.6 Å². The first-order valence-electron chi connectivity index (χ1n) is 7.31. The molecule has 0 aliphatic carbocycles. The van der Waals surface area contributed by atoms with Gasteiger partial charge < -0.3 is 10.6 Å². The summed E-state index contributed by atoms with van der Waals surface area (Å²) in [6, 6.07) is 13.5. The summed E-state index contributed by atoms with van der Waals surface area (Å²) >= 11 is 6.07. The summed E-state index contributed by atoms with van der Waals surface area (Å²) in [4.78, 5) is 12.0. The van der Waals surface area contributed by atoms with Crippen molar-refractivity contribution in [2.24, 2.45) is 0 Å². The summed E-state index contributed by atoms with van der Waals surface area (Å²) in [5.41, 5.74) is 4.39. The summed E-state index contributed by atoms with van der Waals surface area (Å²) in [6.45, 7) is 6.50. The Bertz CT molecular complexity index is 650. The first-order chi connectivity index (χ1) is 10.5. The van der Waals surface area contributed by atoms with Crippen LogP contribution in [0, 0.1) is 13.8 Å². The van der Waals surface area contributed by atoms with E-state index < -0.39 is 0 Å². The number of halogens is 1. The molecule has 3 nitrogen and oxygen atoms in total. The van der Waals surface area contributed by atoms with Gasteiger partial charge in [0.25, 0.3) is 0 Å². The maximum Gasteiger partial charge on any atom is 0.315 e. The fourth-order valence-electron chi connectivity index (χ4n) is 2.41. The van der Waals surface area contributed by atoms with Gasteiger partial charge in [0, 0.05) is 11.6 Å². The molecule has 1 atom stereocenters. The van der Waals surface area contributed by atoms with Gasteiger partial charge in [-0.05, 0) is 38.0 Å². The minimum Gasteiger partial charge on any atom is -0.334 e. The molecule has 2 rings (SSSR count). The number of hydrogen-bond acceptors (Lipinski definition) is 1. The highest BCUT2D eigenvalue weighted by Crippen LogP contribution is 2.17. The van der Waals surface area contributed by atoms with Crippen LogP contribution in [0.4, 0.5) is 4.79 Å². The van der Waals surface area contributed by atoms with Gasteiger partial charge in [0.15, 0.2) is 0 Å². The second kappa shape index (κ2) is 7.32. The number of amides is 2. The molecule has 2 aromatic rings. The molecule has 0 bridgehead atoms. The second-order valence-corrected chi connectivity index (χ2v) is 5.97. The van der Waals surface area contributed by atoms with Crippen LogP contribution in [0.5, 0.6) is 0 Å². The average Bonchev–Trinajstić information content (AvgIpc) is 2.45. The van der Waals surface area contributed by atoms with Crippen LogP contribution in [0.1, 0.15) is 35.2 Å². The molecule has 0 saturated heterocycles. The van der Waals surface area contributed by atoms with Crippen molar-refractivity contribution in [3.8, 4) is 0 Å². The number of carbonyl (C=O) groups is 1. The van der Waals surface area contributed by atoms with Crippen LogP contribution in [-0.2, 0) is 6.54 Å². The summed E-state index contributed by atoms with van der Waals surface area (Å²) < 4.78 is 0. The lowest BCUT2D eigenvalue weighted by Crippen LogP contribution is -2.36. The fourth-order valence-corrected chi connectivity index (χ4v) is 2.61. The van der Waals surface area contributed by atoms with E-state index in [9.17, 15) is 4.79 Å². The number of aryl methyl sites for hydroxylation is 2. The van der Waals surface area contributed by atoms with E-state index in [1.165, 1.54) is 11.1 Å². The zero-order valence-corrected chi connectivity index (χ0v) is 13.9. The third-order valence-corrected chi connectivity index (χ3v) is 3.86. The molecule has 0 heterocycles. The summed E-state index contributed by atoms with van der Waals surface area (Å²) in [6.07, 6.45) is 0. The number of urea groups is 1. The second-order valence-electron chi connectivity index (χ2n) is 5.56. The number of nitrogens with one attached hydrogen (secondary N) is 2. The normalized spacial score (nSPS) is 11.8. The standard InChI is InChI=1S/C18H21ClN2O/c1-12-8-13(2)10-16(9-12)14(3)21-18(22)20-11-15-6-4-5-7-17(15)19/h4-10,14H,11H2,1-3H3,(H2,20,21,22). The molecule has 4 heteroatoms. The number of benzene rings is 2. The zero-order valence-electron chi connectivity index (χ0n) is 13.1. The Labute approximate surface area is 136 Å². The van der Waals surface area contributed by atoms with E-state index in [2.05, 4.69) is 42.7 Å². The Morgan fingerprint density at radius 1 is 1.14 bits per heavy atom. The predicted molar refractivity (Wildman–Crippen MR) is 91.2 cm³/mol. The molecule has 0 saturated carbocycles. The Balaban J connectivity index is 1.93. The van der Waals surface area contributed by atoms with E-state index in [1.807, 2.05) is 31.2 Å². The lowest BCUT2D eigenvalue weighted by molar-refractivity contribution is 0.237. The van der Waals surface area contributed by atoms with E-state index in [4.69, 9.17) is 11.6 Å². The number of rotatable bonds is 4. The minimum atomic E-state index is -0.202. The van der Waals surface area contributed by atoms with Crippen molar-refractivity contribution >= 4 is 17.6 Å². The molecule has 0 aliphatic heterocycles. The van der Waals surface area contributed by atoms with Crippen molar-refractivity contribution in [2.75, 3.05) is 0 Å². The Morgan fingerprint density at radius 3 is 2.41 bits per heavy atom. The van der Waals surface area contributed by atoms with Crippen molar-refractivity contribution in [1.29, 1.82) is 0 Å². The lowest BCUT2D eigenvalue weighted by atomic mass is 10.0. The molecule has 2 aromatic carbocycles. The predicted octanol–water partition coefficient (Wildman–Crippen LogP) is 4.52. The van der Waals surface area contributed by atoms with Gasteiger partial charge in [0.1, 0.15) is 0 Å². The minimum absolute atomic E-state index is 0.0511. The third-order valence-electron chi connectivity index (χ3n) is 3.49. The molecule has 2 amide bonds. The highest BCUT2D eigenvalue weighted by atomic mass is 35.5. The first kappa shape index (κ1) is 16.4. The van der Waals surface area contributed by atoms with Crippen LogP contribution >= 0.6 is 11.6 Å². The largest absolute Gasteiger partial charge is 0.334 e. The van der Waals surface area contributed by atoms with E-state index in [0.29, 0.717) is 11.6 Å². The van der Waals surface area contributed by atoms with Crippen LogP contribution in [0.15, 0.2) is 42.5 Å². The Kier molecular flexibility index (Phi) is 5.45. The zero-order chi connectivity index (χ0) is 16.1. The topological polar surface area (TPSA) is 41.1 Å². The van der Waals surface area contributed by atoms with E-state index in [0.717, 1.165) is 11.1 Å². The van der Waals surface area contributed by atoms with E-state index in [-0.39, 0.29) is 12.1 Å². The monoisotopic (exact) mass is 316 g/mol. The van der Waals surface area contributed by atoms with E-state index in [1.54, 1.807) is 0 Å². The Hall–Kier alpha value is -2.00. The summed E-state index contributed by atoms with van der Waals surface area (Å²) in [7, 11) is 0. The van der Waals surface area contributed by atoms with Crippen molar-refractivity contribution in [3.63, 3.8) is 0 Å². The molecular weight excluding hydrogens is 296 g/mol. The van der Waals surface area contributed by atoms with Crippen LogP contribution in [-0.4, -0.2) is 6.03 Å². The quantitative estimate of drug-likeness (QED) is 0.855. The smallest absolute Gasteiger partial charge is 0.315 e. The van der Waals surface area contributed by atoms with Gasteiger partial charge in [0.05, 0.1) is 6.04 Å². The van der Waals surface area contributed by atoms with Gasteiger partial charge in [-0.1, -0.05) is 59.1 Å². The van der Waals surface area contributed by atoms with Gasteiger partial charge in [-0.3, -0.25) is 0 Å². The molecule has 0 fully saturated rings. The van der Waals surface area contributed by atoms with Crippen LogP contribution in [0.3, 0.4) is 0 Å². The Morgan fingerprint density at radius 2 is 1.77 bits per heavy atom. The molecule has 116 valence electrons. The van der Waals surface area contributed by atoms with Crippen molar-refractivity contribution in [1.82, 2.24) is 10.6 Å².